The van der Waals surface area contributed by atoms with Crippen molar-refractivity contribution >= 4 is 51.8 Å². The standard InChI is InChI=1S/C27H28N4O3S/c1-2-18-8-6-12-22-19(14-23-26(33)31(27(35)29-23)20-9-4-3-5-10-20)16-30(25(18)22)17-24(32)28-15-21-11-7-13-34-21/h3-6,8-10,12,14,16,21H,2,7,11,13,15,17H2,1H3,(H,28,32)(H,29,35)/b23-14+/t21-/m0/s1. The van der Waals surface area contributed by atoms with Gasteiger partial charge >= 0.3 is 0 Å². The number of ether oxygens (including phenoxy) is 1. The predicted molar refractivity (Wildman–Crippen MR) is 141 cm³/mol. The maximum absolute atomic E-state index is 13.2. The van der Waals surface area contributed by atoms with Gasteiger partial charge in [0, 0.05) is 30.3 Å². The Morgan fingerprint density at radius 3 is 2.80 bits per heavy atom. The molecule has 2 aromatic carbocycles. The van der Waals surface area contributed by atoms with Crippen LogP contribution in [0.15, 0.2) is 60.4 Å². The average Bonchev–Trinajstić information content (AvgIpc) is 3.57. The van der Waals surface area contributed by atoms with Crippen molar-refractivity contribution in [2.75, 3.05) is 18.1 Å². The fourth-order valence-electron chi connectivity index (χ4n) is 4.74. The molecule has 0 unspecified atom stereocenters. The predicted octanol–water partition coefficient (Wildman–Crippen LogP) is 3.76. The molecule has 1 atom stereocenters. The first-order valence-electron chi connectivity index (χ1n) is 12.0. The van der Waals surface area contributed by atoms with Gasteiger partial charge < -0.3 is 19.9 Å². The molecular formula is C27H28N4O3S. The van der Waals surface area contributed by atoms with E-state index in [1.54, 1.807) is 0 Å². The number of aromatic nitrogens is 1. The number of carbonyl (C=O) groups excluding carboxylic acids is 2. The van der Waals surface area contributed by atoms with Gasteiger partial charge in [-0.3, -0.25) is 14.5 Å². The second kappa shape index (κ2) is 10.0. The number of para-hydroxylation sites is 2. The zero-order chi connectivity index (χ0) is 24.4. The van der Waals surface area contributed by atoms with E-state index >= 15 is 0 Å². The maximum atomic E-state index is 13.2. The quantitative estimate of drug-likeness (QED) is 0.391. The van der Waals surface area contributed by atoms with Crippen molar-refractivity contribution in [3.8, 4) is 0 Å². The van der Waals surface area contributed by atoms with Crippen molar-refractivity contribution in [3.05, 3.63) is 71.6 Å². The highest BCUT2D eigenvalue weighted by Gasteiger charge is 2.32. The lowest BCUT2D eigenvalue weighted by Gasteiger charge is -2.13. The van der Waals surface area contributed by atoms with Crippen molar-refractivity contribution in [2.24, 2.45) is 0 Å². The second-order valence-electron chi connectivity index (χ2n) is 8.78. The molecule has 0 bridgehead atoms. The Labute approximate surface area is 209 Å². The number of amides is 2. The van der Waals surface area contributed by atoms with E-state index < -0.39 is 0 Å². The molecule has 3 aromatic rings. The molecule has 3 heterocycles. The number of nitrogens with one attached hydrogen (secondary N) is 2. The van der Waals surface area contributed by atoms with Gasteiger partial charge in [0.25, 0.3) is 5.91 Å². The molecule has 0 saturated carbocycles. The summed E-state index contributed by atoms with van der Waals surface area (Å²) in [5.74, 6) is -0.267. The van der Waals surface area contributed by atoms with Crippen molar-refractivity contribution in [1.29, 1.82) is 0 Å². The van der Waals surface area contributed by atoms with Crippen LogP contribution in [0.25, 0.3) is 17.0 Å². The number of fused-ring (bicyclic) bond motifs is 1. The Balaban J connectivity index is 1.44. The van der Waals surface area contributed by atoms with Gasteiger partial charge in [0.2, 0.25) is 5.91 Å². The lowest BCUT2D eigenvalue weighted by Crippen LogP contribution is -2.34. The highest BCUT2D eigenvalue weighted by Crippen LogP contribution is 2.29. The van der Waals surface area contributed by atoms with E-state index in [0.717, 1.165) is 53.6 Å². The Bertz CT molecular complexity index is 1310. The van der Waals surface area contributed by atoms with Gasteiger partial charge in [-0.05, 0) is 55.3 Å². The minimum Gasteiger partial charge on any atom is -0.376 e. The molecule has 35 heavy (non-hydrogen) atoms. The van der Waals surface area contributed by atoms with Gasteiger partial charge in [0.05, 0.1) is 17.3 Å². The first-order chi connectivity index (χ1) is 17.0. The van der Waals surface area contributed by atoms with Gasteiger partial charge in [-0.15, -0.1) is 0 Å². The van der Waals surface area contributed by atoms with E-state index in [4.69, 9.17) is 17.0 Å². The van der Waals surface area contributed by atoms with Gasteiger partial charge in [-0.25, -0.2) is 0 Å². The van der Waals surface area contributed by atoms with Gasteiger partial charge in [0.1, 0.15) is 12.2 Å². The Hall–Kier alpha value is -3.49. The van der Waals surface area contributed by atoms with E-state index in [0.29, 0.717) is 17.4 Å². The highest BCUT2D eigenvalue weighted by atomic mass is 32.1. The molecule has 0 spiro atoms. The van der Waals surface area contributed by atoms with Crippen LogP contribution in [0.5, 0.6) is 0 Å². The van der Waals surface area contributed by atoms with Crippen LogP contribution in [-0.4, -0.2) is 40.7 Å². The molecule has 2 aliphatic rings. The van der Waals surface area contributed by atoms with Crippen molar-refractivity contribution in [1.82, 2.24) is 15.2 Å². The summed E-state index contributed by atoms with van der Waals surface area (Å²) in [6, 6.07) is 15.4. The zero-order valence-corrected chi connectivity index (χ0v) is 20.4. The minimum atomic E-state index is -0.206. The molecule has 2 saturated heterocycles. The Kier molecular flexibility index (Phi) is 6.66. The number of anilines is 1. The highest BCUT2D eigenvalue weighted by molar-refractivity contribution is 7.80. The molecule has 5 rings (SSSR count). The SMILES string of the molecule is CCc1cccc2c(/C=C3/NC(=S)N(c4ccccc4)C3=O)cn(CC(=O)NC[C@@H]3CCCO3)c12. The van der Waals surface area contributed by atoms with Crippen LogP contribution in [0, 0.1) is 0 Å². The molecule has 8 heteroatoms. The van der Waals surface area contributed by atoms with Crippen LogP contribution < -0.4 is 15.5 Å². The summed E-state index contributed by atoms with van der Waals surface area (Å²) in [6.07, 6.45) is 6.71. The number of nitrogens with zero attached hydrogens (tertiary/aromatic N) is 2. The topological polar surface area (TPSA) is 75.6 Å². The minimum absolute atomic E-state index is 0.0611. The number of aryl methyl sites for hydroxylation is 1. The largest absolute Gasteiger partial charge is 0.376 e. The number of rotatable bonds is 7. The number of carbonyl (C=O) groups is 2. The summed E-state index contributed by atoms with van der Waals surface area (Å²) in [5, 5.41) is 7.40. The zero-order valence-electron chi connectivity index (χ0n) is 19.6. The van der Waals surface area contributed by atoms with Gasteiger partial charge in [0.15, 0.2) is 5.11 Å². The Morgan fingerprint density at radius 2 is 2.06 bits per heavy atom. The van der Waals surface area contributed by atoms with Crippen molar-refractivity contribution in [2.45, 2.75) is 38.8 Å². The third kappa shape index (κ3) is 4.72. The molecule has 7 nitrogen and oxygen atoms in total. The summed E-state index contributed by atoms with van der Waals surface area (Å²) in [6.45, 7) is 3.58. The summed E-state index contributed by atoms with van der Waals surface area (Å²) >= 11 is 5.45. The molecule has 0 radical (unpaired) electrons. The molecule has 2 N–H and O–H groups in total. The summed E-state index contributed by atoms with van der Waals surface area (Å²) < 4.78 is 7.59. The van der Waals surface area contributed by atoms with E-state index in [1.165, 1.54) is 4.90 Å². The molecule has 2 aliphatic heterocycles. The Morgan fingerprint density at radius 1 is 1.23 bits per heavy atom. The fraction of sp³-hybridized carbons (Fsp3) is 0.296. The van der Waals surface area contributed by atoms with E-state index in [9.17, 15) is 9.59 Å². The monoisotopic (exact) mass is 488 g/mol. The van der Waals surface area contributed by atoms with Crippen LogP contribution in [0.2, 0.25) is 0 Å². The van der Waals surface area contributed by atoms with Gasteiger partial charge in [-0.2, -0.15) is 0 Å². The summed E-state index contributed by atoms with van der Waals surface area (Å²) in [4.78, 5) is 27.5. The third-order valence-corrected chi connectivity index (χ3v) is 6.74. The lowest BCUT2D eigenvalue weighted by atomic mass is 10.1. The van der Waals surface area contributed by atoms with E-state index in [-0.39, 0.29) is 24.5 Å². The molecular weight excluding hydrogens is 460 g/mol. The second-order valence-corrected chi connectivity index (χ2v) is 9.17. The fourth-order valence-corrected chi connectivity index (χ4v) is 5.03. The van der Waals surface area contributed by atoms with Crippen molar-refractivity contribution in [3.63, 3.8) is 0 Å². The number of hydrogen-bond acceptors (Lipinski definition) is 4. The van der Waals surface area contributed by atoms with Gasteiger partial charge in [-0.1, -0.05) is 43.3 Å². The molecule has 180 valence electrons. The van der Waals surface area contributed by atoms with Crippen LogP contribution in [0.4, 0.5) is 5.69 Å². The maximum Gasteiger partial charge on any atom is 0.281 e. The molecule has 1 aromatic heterocycles. The molecule has 2 amide bonds. The van der Waals surface area contributed by atoms with E-state index in [2.05, 4.69) is 23.6 Å². The average molecular weight is 489 g/mol. The van der Waals surface area contributed by atoms with Crippen LogP contribution in [0.1, 0.15) is 30.9 Å². The first-order valence-corrected chi connectivity index (χ1v) is 12.4. The van der Waals surface area contributed by atoms with Crippen LogP contribution in [-0.2, 0) is 27.3 Å². The van der Waals surface area contributed by atoms with Crippen molar-refractivity contribution < 1.29 is 14.3 Å². The molecule has 2 fully saturated rings. The number of benzene rings is 2. The van der Waals surface area contributed by atoms with Crippen LogP contribution >= 0.6 is 12.2 Å². The summed E-state index contributed by atoms with van der Waals surface area (Å²) in [7, 11) is 0. The smallest absolute Gasteiger partial charge is 0.281 e. The number of thiocarbonyl (C=S) groups is 1. The van der Waals surface area contributed by atoms with Crippen LogP contribution in [0.3, 0.4) is 0 Å². The number of hydrogen-bond donors (Lipinski definition) is 2. The first kappa shape index (κ1) is 23.3. The normalized spacial score (nSPS) is 19.1. The lowest BCUT2D eigenvalue weighted by molar-refractivity contribution is -0.122. The third-order valence-electron chi connectivity index (χ3n) is 6.45. The molecule has 0 aliphatic carbocycles. The van der Waals surface area contributed by atoms with E-state index in [1.807, 2.05) is 59.3 Å². The summed E-state index contributed by atoms with van der Waals surface area (Å²) in [5.41, 5.74) is 4.13.